The van der Waals surface area contributed by atoms with Crippen LogP contribution in [0.4, 0.5) is 5.69 Å². The number of hydrogen-bond donors (Lipinski definition) is 1. The standard InChI is InChI=1S/C16H19BrN2/c1-19(10-9-13-5-3-2-4-6-13)12-14-11-15(18)7-8-16(14)17/h2-8,11H,9-10,12,18H2,1H3. The fourth-order valence-electron chi connectivity index (χ4n) is 2.05. The second kappa shape index (κ2) is 6.73. The Balaban J connectivity index is 1.90. The summed E-state index contributed by atoms with van der Waals surface area (Å²) in [6.45, 7) is 1.93. The van der Waals surface area contributed by atoms with Gasteiger partial charge in [0.05, 0.1) is 0 Å². The van der Waals surface area contributed by atoms with Crippen molar-refractivity contribution in [2.24, 2.45) is 0 Å². The van der Waals surface area contributed by atoms with Gasteiger partial charge in [-0.3, -0.25) is 0 Å². The van der Waals surface area contributed by atoms with Crippen molar-refractivity contribution >= 4 is 21.6 Å². The molecule has 0 fully saturated rings. The van der Waals surface area contributed by atoms with Crippen molar-refractivity contribution in [3.05, 3.63) is 64.1 Å². The molecule has 2 rings (SSSR count). The first-order valence-corrected chi connectivity index (χ1v) is 7.21. The molecular formula is C16H19BrN2. The third-order valence-corrected chi connectivity index (χ3v) is 3.91. The highest BCUT2D eigenvalue weighted by Crippen LogP contribution is 2.20. The SMILES string of the molecule is CN(CCc1ccccc1)Cc1cc(N)ccc1Br. The number of nitrogens with zero attached hydrogens (tertiary/aromatic N) is 1. The molecule has 19 heavy (non-hydrogen) atoms. The molecule has 0 spiro atoms. The molecule has 0 aliphatic carbocycles. The lowest BCUT2D eigenvalue weighted by atomic mass is 10.1. The van der Waals surface area contributed by atoms with Gasteiger partial charge in [-0.15, -0.1) is 0 Å². The Hall–Kier alpha value is -1.32. The molecule has 0 atom stereocenters. The maximum atomic E-state index is 5.83. The lowest BCUT2D eigenvalue weighted by Crippen LogP contribution is -2.21. The highest BCUT2D eigenvalue weighted by atomic mass is 79.9. The first-order valence-electron chi connectivity index (χ1n) is 6.41. The molecule has 2 N–H and O–H groups in total. The van der Waals surface area contributed by atoms with E-state index in [-0.39, 0.29) is 0 Å². The van der Waals surface area contributed by atoms with Gasteiger partial charge in [-0.05, 0) is 42.8 Å². The highest BCUT2D eigenvalue weighted by Gasteiger charge is 2.05. The second-order valence-electron chi connectivity index (χ2n) is 4.82. The van der Waals surface area contributed by atoms with E-state index >= 15 is 0 Å². The van der Waals surface area contributed by atoms with Gasteiger partial charge in [-0.25, -0.2) is 0 Å². The lowest BCUT2D eigenvalue weighted by Gasteiger charge is -2.18. The minimum absolute atomic E-state index is 0.814. The zero-order chi connectivity index (χ0) is 13.7. The summed E-state index contributed by atoms with van der Waals surface area (Å²) in [5, 5.41) is 0. The number of nitrogen functional groups attached to an aromatic ring is 1. The lowest BCUT2D eigenvalue weighted by molar-refractivity contribution is 0.330. The molecule has 0 saturated carbocycles. The van der Waals surface area contributed by atoms with E-state index < -0.39 is 0 Å². The van der Waals surface area contributed by atoms with Gasteiger partial charge in [0, 0.05) is 23.2 Å². The molecule has 0 amide bonds. The average Bonchev–Trinajstić information content (AvgIpc) is 2.42. The van der Waals surface area contributed by atoms with Crippen molar-refractivity contribution < 1.29 is 0 Å². The number of nitrogens with two attached hydrogens (primary N) is 1. The number of likely N-dealkylation sites (N-methyl/N-ethyl adjacent to an activating group) is 1. The number of rotatable bonds is 5. The molecule has 2 nitrogen and oxygen atoms in total. The van der Waals surface area contributed by atoms with E-state index in [4.69, 9.17) is 5.73 Å². The van der Waals surface area contributed by atoms with Gasteiger partial charge in [0.25, 0.3) is 0 Å². The summed E-state index contributed by atoms with van der Waals surface area (Å²) in [5.41, 5.74) is 9.25. The molecule has 0 aliphatic rings. The number of hydrogen-bond acceptors (Lipinski definition) is 2. The Morgan fingerprint density at radius 2 is 1.84 bits per heavy atom. The van der Waals surface area contributed by atoms with Crippen LogP contribution >= 0.6 is 15.9 Å². The van der Waals surface area contributed by atoms with Crippen LogP contribution in [-0.2, 0) is 13.0 Å². The predicted octanol–water partition coefficient (Wildman–Crippen LogP) is 3.71. The van der Waals surface area contributed by atoms with Gasteiger partial charge in [-0.1, -0.05) is 46.3 Å². The van der Waals surface area contributed by atoms with E-state index in [1.807, 2.05) is 18.2 Å². The van der Waals surface area contributed by atoms with Crippen molar-refractivity contribution in [2.75, 3.05) is 19.3 Å². The topological polar surface area (TPSA) is 29.3 Å². The monoisotopic (exact) mass is 318 g/mol. The summed E-state index contributed by atoms with van der Waals surface area (Å²) in [6, 6.07) is 16.5. The third kappa shape index (κ3) is 4.37. The van der Waals surface area contributed by atoms with Crippen molar-refractivity contribution in [1.82, 2.24) is 4.90 Å². The van der Waals surface area contributed by atoms with E-state index in [1.165, 1.54) is 11.1 Å². The summed E-state index contributed by atoms with van der Waals surface area (Å²) < 4.78 is 1.12. The Labute approximate surface area is 123 Å². The van der Waals surface area contributed by atoms with E-state index in [1.54, 1.807) is 0 Å². The molecule has 0 heterocycles. The Morgan fingerprint density at radius 1 is 1.11 bits per heavy atom. The van der Waals surface area contributed by atoms with Gasteiger partial charge >= 0.3 is 0 Å². The number of anilines is 1. The normalized spacial score (nSPS) is 10.9. The first-order chi connectivity index (χ1) is 9.15. The van der Waals surface area contributed by atoms with Gasteiger partial charge < -0.3 is 10.6 Å². The van der Waals surface area contributed by atoms with Crippen LogP contribution in [0.25, 0.3) is 0 Å². The van der Waals surface area contributed by atoms with Crippen molar-refractivity contribution in [3.8, 4) is 0 Å². The maximum absolute atomic E-state index is 5.83. The van der Waals surface area contributed by atoms with Crippen LogP contribution in [0.15, 0.2) is 53.0 Å². The molecule has 0 saturated heterocycles. The third-order valence-electron chi connectivity index (χ3n) is 3.14. The van der Waals surface area contributed by atoms with Gasteiger partial charge in [0.2, 0.25) is 0 Å². The molecule has 0 aromatic heterocycles. The summed E-state index contributed by atoms with van der Waals surface area (Å²) >= 11 is 3.57. The van der Waals surface area contributed by atoms with Crippen LogP contribution in [0.5, 0.6) is 0 Å². The zero-order valence-electron chi connectivity index (χ0n) is 11.1. The molecule has 0 bridgehead atoms. The minimum atomic E-state index is 0.814. The summed E-state index contributed by atoms with van der Waals surface area (Å²) in [7, 11) is 2.14. The van der Waals surface area contributed by atoms with Crippen molar-refractivity contribution in [2.45, 2.75) is 13.0 Å². The summed E-state index contributed by atoms with van der Waals surface area (Å²) in [4.78, 5) is 2.31. The number of halogens is 1. The molecule has 3 heteroatoms. The summed E-state index contributed by atoms with van der Waals surface area (Å²) in [6.07, 6.45) is 1.07. The minimum Gasteiger partial charge on any atom is -0.399 e. The molecule has 0 radical (unpaired) electrons. The fourth-order valence-corrected chi connectivity index (χ4v) is 2.42. The van der Waals surface area contributed by atoms with Crippen LogP contribution in [0.1, 0.15) is 11.1 Å². The quantitative estimate of drug-likeness (QED) is 0.852. The van der Waals surface area contributed by atoms with Gasteiger partial charge in [0.15, 0.2) is 0 Å². The van der Waals surface area contributed by atoms with Crippen LogP contribution in [0, 0.1) is 0 Å². The van der Waals surface area contributed by atoms with Crippen molar-refractivity contribution in [3.63, 3.8) is 0 Å². The van der Waals surface area contributed by atoms with Crippen LogP contribution in [0.2, 0.25) is 0 Å². The van der Waals surface area contributed by atoms with Crippen LogP contribution in [0.3, 0.4) is 0 Å². The van der Waals surface area contributed by atoms with Gasteiger partial charge in [-0.2, -0.15) is 0 Å². The second-order valence-corrected chi connectivity index (χ2v) is 5.68. The van der Waals surface area contributed by atoms with Crippen LogP contribution in [-0.4, -0.2) is 18.5 Å². The van der Waals surface area contributed by atoms with Crippen molar-refractivity contribution in [1.29, 1.82) is 0 Å². The average molecular weight is 319 g/mol. The Morgan fingerprint density at radius 3 is 2.58 bits per heavy atom. The Bertz CT molecular complexity index is 526. The summed E-state index contributed by atoms with van der Waals surface area (Å²) in [5.74, 6) is 0. The largest absolute Gasteiger partial charge is 0.399 e. The number of benzene rings is 2. The molecule has 2 aromatic carbocycles. The molecule has 0 unspecified atom stereocenters. The predicted molar refractivity (Wildman–Crippen MR) is 85.0 cm³/mol. The zero-order valence-corrected chi connectivity index (χ0v) is 12.7. The molecular weight excluding hydrogens is 300 g/mol. The highest BCUT2D eigenvalue weighted by molar-refractivity contribution is 9.10. The van der Waals surface area contributed by atoms with Crippen LogP contribution < -0.4 is 5.73 Å². The van der Waals surface area contributed by atoms with E-state index in [2.05, 4.69) is 58.2 Å². The maximum Gasteiger partial charge on any atom is 0.0318 e. The molecule has 100 valence electrons. The Kier molecular flexibility index (Phi) is 5.00. The molecule has 2 aromatic rings. The fraction of sp³-hybridized carbons (Fsp3) is 0.250. The van der Waals surface area contributed by atoms with E-state index in [9.17, 15) is 0 Å². The van der Waals surface area contributed by atoms with Gasteiger partial charge in [0.1, 0.15) is 0 Å². The first kappa shape index (κ1) is 14.1. The molecule has 0 aliphatic heterocycles. The van der Waals surface area contributed by atoms with E-state index in [0.29, 0.717) is 0 Å². The van der Waals surface area contributed by atoms with E-state index in [0.717, 1.165) is 29.7 Å². The smallest absolute Gasteiger partial charge is 0.0318 e.